The standard InChI is InChI=1S/C27H25N3O5/c1-3-4-11-23-25(22-12-8-17-28-24(22)27(33)34)29(20-13-15-21(16-14-20)35-18(2)31)30(26(23)32)19-9-6-5-7-10-19/h5-10,12-17H,3-4,11H2,1-2H3,(H,33,34). The van der Waals surface area contributed by atoms with E-state index < -0.39 is 11.9 Å². The number of rotatable bonds is 8. The fraction of sp³-hybridized carbons (Fsp3) is 0.185. The van der Waals surface area contributed by atoms with E-state index in [0.717, 1.165) is 12.8 Å². The second kappa shape index (κ2) is 10.2. The maximum absolute atomic E-state index is 13.9. The molecule has 0 saturated carbocycles. The van der Waals surface area contributed by atoms with Gasteiger partial charge in [0.2, 0.25) is 0 Å². The Morgan fingerprint density at radius 2 is 1.63 bits per heavy atom. The Balaban J connectivity index is 2.08. The van der Waals surface area contributed by atoms with Crippen LogP contribution in [0.15, 0.2) is 77.7 Å². The van der Waals surface area contributed by atoms with Gasteiger partial charge in [-0.15, -0.1) is 0 Å². The van der Waals surface area contributed by atoms with Gasteiger partial charge in [-0.2, -0.15) is 0 Å². The van der Waals surface area contributed by atoms with Crippen molar-refractivity contribution >= 4 is 11.9 Å². The van der Waals surface area contributed by atoms with Gasteiger partial charge in [0.05, 0.1) is 17.1 Å². The highest BCUT2D eigenvalue weighted by atomic mass is 16.5. The third kappa shape index (κ3) is 4.77. The Morgan fingerprint density at radius 1 is 0.943 bits per heavy atom. The first-order chi connectivity index (χ1) is 16.9. The summed E-state index contributed by atoms with van der Waals surface area (Å²) in [5, 5.41) is 9.86. The molecule has 8 heteroatoms. The summed E-state index contributed by atoms with van der Waals surface area (Å²) in [7, 11) is 0. The van der Waals surface area contributed by atoms with Gasteiger partial charge in [-0.05, 0) is 61.4 Å². The molecule has 35 heavy (non-hydrogen) atoms. The van der Waals surface area contributed by atoms with Crippen LogP contribution in [0.25, 0.3) is 22.6 Å². The number of nitrogens with zero attached hydrogens (tertiary/aromatic N) is 3. The number of carboxylic acids is 1. The first-order valence-electron chi connectivity index (χ1n) is 11.3. The lowest BCUT2D eigenvalue weighted by atomic mass is 10.0. The molecule has 0 aliphatic carbocycles. The summed E-state index contributed by atoms with van der Waals surface area (Å²) in [6, 6.07) is 19.2. The highest BCUT2D eigenvalue weighted by molar-refractivity contribution is 5.94. The summed E-state index contributed by atoms with van der Waals surface area (Å²) < 4.78 is 8.42. The number of unbranched alkanes of at least 4 members (excludes halogenated alkanes) is 1. The van der Waals surface area contributed by atoms with Crippen LogP contribution in [0.1, 0.15) is 42.7 Å². The lowest BCUT2D eigenvalue weighted by Crippen LogP contribution is -2.21. The SMILES string of the molecule is CCCCc1c(-c2cccnc2C(=O)O)n(-c2ccc(OC(C)=O)cc2)n(-c2ccccc2)c1=O. The maximum atomic E-state index is 13.9. The number of hydrogen-bond acceptors (Lipinski definition) is 5. The van der Waals surface area contributed by atoms with Crippen molar-refractivity contribution in [1.82, 2.24) is 14.3 Å². The smallest absolute Gasteiger partial charge is 0.355 e. The number of aromatic carboxylic acids is 1. The molecule has 2 aromatic carbocycles. The molecule has 178 valence electrons. The highest BCUT2D eigenvalue weighted by Crippen LogP contribution is 2.31. The van der Waals surface area contributed by atoms with Crippen molar-refractivity contribution in [1.29, 1.82) is 0 Å². The number of carbonyl (C=O) groups excluding carboxylic acids is 1. The average molecular weight is 472 g/mol. The van der Waals surface area contributed by atoms with Gasteiger partial charge in [-0.1, -0.05) is 31.5 Å². The van der Waals surface area contributed by atoms with E-state index in [1.807, 2.05) is 37.3 Å². The fourth-order valence-electron chi connectivity index (χ4n) is 4.04. The summed E-state index contributed by atoms with van der Waals surface area (Å²) in [4.78, 5) is 41.4. The van der Waals surface area contributed by atoms with E-state index in [1.54, 1.807) is 45.8 Å². The number of carboxylic acid groups (broad SMARTS) is 1. The first kappa shape index (κ1) is 23.7. The molecule has 0 fully saturated rings. The summed E-state index contributed by atoms with van der Waals surface area (Å²) in [6.45, 7) is 3.35. The fourth-order valence-corrected chi connectivity index (χ4v) is 4.04. The van der Waals surface area contributed by atoms with Crippen molar-refractivity contribution in [3.63, 3.8) is 0 Å². The molecule has 0 aliphatic heterocycles. The molecule has 4 aromatic rings. The highest BCUT2D eigenvalue weighted by Gasteiger charge is 2.26. The predicted molar refractivity (Wildman–Crippen MR) is 131 cm³/mol. The normalized spacial score (nSPS) is 10.8. The molecule has 0 bridgehead atoms. The van der Waals surface area contributed by atoms with Gasteiger partial charge in [0.1, 0.15) is 5.75 Å². The summed E-state index contributed by atoms with van der Waals surface area (Å²) in [6.07, 6.45) is 3.52. The summed E-state index contributed by atoms with van der Waals surface area (Å²) in [5.41, 5.74) is 2.19. The molecule has 0 unspecified atom stereocenters. The number of ether oxygens (including phenoxy) is 1. The zero-order valence-electron chi connectivity index (χ0n) is 19.5. The minimum atomic E-state index is -1.18. The van der Waals surface area contributed by atoms with E-state index in [1.165, 1.54) is 13.1 Å². The molecule has 0 saturated heterocycles. The van der Waals surface area contributed by atoms with Gasteiger partial charge in [0, 0.05) is 24.2 Å². The van der Waals surface area contributed by atoms with Gasteiger partial charge in [0.15, 0.2) is 5.69 Å². The number of carbonyl (C=O) groups is 2. The van der Waals surface area contributed by atoms with Crippen molar-refractivity contribution in [3.05, 3.63) is 94.5 Å². The monoisotopic (exact) mass is 471 g/mol. The Labute approximate surface area is 202 Å². The number of aromatic nitrogens is 3. The summed E-state index contributed by atoms with van der Waals surface area (Å²) in [5.74, 6) is -1.26. The number of pyridine rings is 1. The third-order valence-corrected chi connectivity index (χ3v) is 5.54. The van der Waals surface area contributed by atoms with E-state index in [2.05, 4.69) is 4.98 Å². The molecule has 0 amide bonds. The second-order valence-electron chi connectivity index (χ2n) is 7.99. The van der Waals surface area contributed by atoms with Gasteiger partial charge >= 0.3 is 11.9 Å². The van der Waals surface area contributed by atoms with Gasteiger partial charge < -0.3 is 9.84 Å². The van der Waals surface area contributed by atoms with Crippen LogP contribution in [0.4, 0.5) is 0 Å². The molecule has 2 heterocycles. The zero-order chi connectivity index (χ0) is 24.9. The number of hydrogen-bond donors (Lipinski definition) is 1. The van der Waals surface area contributed by atoms with Crippen molar-refractivity contribution in [3.8, 4) is 28.4 Å². The third-order valence-electron chi connectivity index (χ3n) is 5.54. The largest absolute Gasteiger partial charge is 0.476 e. The molecule has 0 spiro atoms. The van der Waals surface area contributed by atoms with Gasteiger partial charge in [-0.3, -0.25) is 9.59 Å². The van der Waals surface area contributed by atoms with Crippen LogP contribution < -0.4 is 10.3 Å². The van der Waals surface area contributed by atoms with Crippen LogP contribution in [0.3, 0.4) is 0 Å². The summed E-state index contributed by atoms with van der Waals surface area (Å²) >= 11 is 0. The minimum absolute atomic E-state index is 0.138. The topological polar surface area (TPSA) is 103 Å². The van der Waals surface area contributed by atoms with Crippen LogP contribution in [-0.2, 0) is 11.2 Å². The Kier molecular flexibility index (Phi) is 6.91. The molecular formula is C27H25N3O5. The maximum Gasteiger partial charge on any atom is 0.355 e. The quantitative estimate of drug-likeness (QED) is 0.296. The van der Waals surface area contributed by atoms with E-state index >= 15 is 0 Å². The molecular weight excluding hydrogens is 446 g/mol. The lowest BCUT2D eigenvalue weighted by Gasteiger charge is -2.17. The van der Waals surface area contributed by atoms with Crippen LogP contribution in [-0.4, -0.2) is 31.4 Å². The Hall–Kier alpha value is -4.46. The Morgan fingerprint density at radius 3 is 2.26 bits per heavy atom. The Bertz CT molecular complexity index is 1420. The van der Waals surface area contributed by atoms with Crippen molar-refractivity contribution in [2.24, 2.45) is 0 Å². The average Bonchev–Trinajstić information content (AvgIpc) is 3.15. The minimum Gasteiger partial charge on any atom is -0.476 e. The number of esters is 1. The van der Waals surface area contributed by atoms with Crippen LogP contribution in [0, 0.1) is 0 Å². The molecule has 2 aromatic heterocycles. The number of para-hydroxylation sites is 1. The molecule has 8 nitrogen and oxygen atoms in total. The molecule has 0 radical (unpaired) electrons. The van der Waals surface area contributed by atoms with E-state index in [-0.39, 0.29) is 11.3 Å². The van der Waals surface area contributed by atoms with Crippen LogP contribution in [0.5, 0.6) is 5.75 Å². The van der Waals surface area contributed by atoms with E-state index in [0.29, 0.717) is 40.4 Å². The van der Waals surface area contributed by atoms with Crippen molar-refractivity contribution in [2.45, 2.75) is 33.1 Å². The molecule has 1 N–H and O–H groups in total. The zero-order valence-corrected chi connectivity index (χ0v) is 19.5. The van der Waals surface area contributed by atoms with Gasteiger partial charge in [-0.25, -0.2) is 19.1 Å². The van der Waals surface area contributed by atoms with Gasteiger partial charge in [0.25, 0.3) is 5.56 Å². The molecule has 0 atom stereocenters. The van der Waals surface area contributed by atoms with Crippen molar-refractivity contribution in [2.75, 3.05) is 0 Å². The second-order valence-corrected chi connectivity index (χ2v) is 7.99. The number of benzene rings is 2. The first-order valence-corrected chi connectivity index (χ1v) is 11.3. The van der Waals surface area contributed by atoms with Crippen LogP contribution in [0.2, 0.25) is 0 Å². The molecule has 0 aliphatic rings. The van der Waals surface area contributed by atoms with E-state index in [4.69, 9.17) is 4.74 Å². The molecule has 4 rings (SSSR count). The van der Waals surface area contributed by atoms with Crippen LogP contribution >= 0.6 is 0 Å². The van der Waals surface area contributed by atoms with Crippen molar-refractivity contribution < 1.29 is 19.4 Å². The lowest BCUT2D eigenvalue weighted by molar-refractivity contribution is -0.131. The van der Waals surface area contributed by atoms with E-state index in [9.17, 15) is 19.5 Å². The predicted octanol–water partition coefficient (Wildman–Crippen LogP) is 4.66.